The molecule has 0 fully saturated rings. The molecule has 0 radical (unpaired) electrons. The summed E-state index contributed by atoms with van der Waals surface area (Å²) in [6.07, 6.45) is 1.97. The summed E-state index contributed by atoms with van der Waals surface area (Å²) in [4.78, 5) is 1.11. The first kappa shape index (κ1) is 9.06. The van der Waals surface area contributed by atoms with Crippen molar-refractivity contribution in [1.82, 2.24) is 14.6 Å². The Hall–Kier alpha value is -1.20. The quantitative estimate of drug-likeness (QED) is 0.685. The second-order valence-corrected chi connectivity index (χ2v) is 4.82. The van der Waals surface area contributed by atoms with Gasteiger partial charge in [0.1, 0.15) is 0 Å². The Morgan fingerprint density at radius 2 is 2.13 bits per heavy atom. The first-order chi connectivity index (χ1) is 7.36. The minimum atomic E-state index is 0.868. The van der Waals surface area contributed by atoms with Crippen LogP contribution < -0.4 is 0 Å². The number of rotatable bonds is 1. The van der Waals surface area contributed by atoms with E-state index in [0.717, 1.165) is 20.8 Å². The van der Waals surface area contributed by atoms with Gasteiger partial charge in [0, 0.05) is 10.7 Å². The SMILES string of the molecule is Brc1ccsc1-c1nnc2ccccn12. The highest BCUT2D eigenvalue weighted by Crippen LogP contribution is 2.32. The zero-order valence-electron chi connectivity index (χ0n) is 7.59. The van der Waals surface area contributed by atoms with E-state index in [1.165, 1.54) is 0 Å². The van der Waals surface area contributed by atoms with Crippen LogP contribution in [0.5, 0.6) is 0 Å². The predicted octanol–water partition coefficient (Wildman–Crippen LogP) is 3.22. The van der Waals surface area contributed by atoms with Crippen molar-refractivity contribution in [3.63, 3.8) is 0 Å². The number of fused-ring (bicyclic) bond motifs is 1. The highest BCUT2D eigenvalue weighted by molar-refractivity contribution is 9.10. The van der Waals surface area contributed by atoms with Crippen LogP contribution in [0.1, 0.15) is 0 Å². The van der Waals surface area contributed by atoms with Crippen molar-refractivity contribution in [1.29, 1.82) is 0 Å². The number of pyridine rings is 1. The first-order valence-corrected chi connectivity index (χ1v) is 6.06. The molecule has 0 amide bonds. The molecule has 3 nitrogen and oxygen atoms in total. The maximum absolute atomic E-state index is 4.19. The molecule has 0 unspecified atom stereocenters. The molecule has 15 heavy (non-hydrogen) atoms. The smallest absolute Gasteiger partial charge is 0.179 e. The van der Waals surface area contributed by atoms with Gasteiger partial charge in [-0.3, -0.25) is 4.40 Å². The van der Waals surface area contributed by atoms with Gasteiger partial charge in [-0.1, -0.05) is 6.07 Å². The van der Waals surface area contributed by atoms with Crippen molar-refractivity contribution >= 4 is 32.9 Å². The number of halogens is 1. The van der Waals surface area contributed by atoms with E-state index in [9.17, 15) is 0 Å². The largest absolute Gasteiger partial charge is 0.282 e. The van der Waals surface area contributed by atoms with Crippen LogP contribution in [0.4, 0.5) is 0 Å². The number of hydrogen-bond donors (Lipinski definition) is 0. The van der Waals surface area contributed by atoms with Crippen LogP contribution in [0, 0.1) is 0 Å². The molecule has 0 aliphatic carbocycles. The van der Waals surface area contributed by atoms with E-state index < -0.39 is 0 Å². The summed E-state index contributed by atoms with van der Waals surface area (Å²) < 4.78 is 3.04. The third kappa shape index (κ3) is 1.39. The molecule has 74 valence electrons. The molecule has 0 spiro atoms. The van der Waals surface area contributed by atoms with Crippen molar-refractivity contribution in [2.24, 2.45) is 0 Å². The van der Waals surface area contributed by atoms with Crippen LogP contribution in [-0.2, 0) is 0 Å². The van der Waals surface area contributed by atoms with Crippen LogP contribution in [0.15, 0.2) is 40.3 Å². The maximum Gasteiger partial charge on any atom is 0.179 e. The summed E-state index contributed by atoms with van der Waals surface area (Å²) >= 11 is 5.15. The van der Waals surface area contributed by atoms with Gasteiger partial charge in [0.15, 0.2) is 11.5 Å². The molecule has 3 aromatic rings. The third-order valence-electron chi connectivity index (χ3n) is 2.13. The highest BCUT2D eigenvalue weighted by atomic mass is 79.9. The molecule has 0 saturated carbocycles. The number of nitrogens with zero attached hydrogens (tertiary/aromatic N) is 3. The molecule has 3 aromatic heterocycles. The lowest BCUT2D eigenvalue weighted by Gasteiger charge is -1.96. The van der Waals surface area contributed by atoms with E-state index >= 15 is 0 Å². The molecule has 0 saturated heterocycles. The second kappa shape index (κ2) is 3.43. The molecule has 0 aliphatic heterocycles. The molecular weight excluding hydrogens is 274 g/mol. The molecule has 3 rings (SSSR count). The highest BCUT2D eigenvalue weighted by Gasteiger charge is 2.11. The summed E-state index contributed by atoms with van der Waals surface area (Å²) in [6, 6.07) is 7.89. The lowest BCUT2D eigenvalue weighted by Crippen LogP contribution is -1.86. The summed E-state index contributed by atoms with van der Waals surface area (Å²) in [7, 11) is 0. The van der Waals surface area contributed by atoms with Gasteiger partial charge < -0.3 is 0 Å². The summed E-state index contributed by atoms with van der Waals surface area (Å²) in [5, 5.41) is 10.3. The van der Waals surface area contributed by atoms with Crippen LogP contribution in [0.3, 0.4) is 0 Å². The Balaban J connectivity index is 2.32. The molecule has 0 N–H and O–H groups in total. The van der Waals surface area contributed by atoms with E-state index in [1.54, 1.807) is 11.3 Å². The zero-order chi connectivity index (χ0) is 10.3. The summed E-state index contributed by atoms with van der Waals surface area (Å²) in [5.41, 5.74) is 0.868. The maximum atomic E-state index is 4.19. The fourth-order valence-corrected chi connectivity index (χ4v) is 2.98. The number of thiophene rings is 1. The van der Waals surface area contributed by atoms with Gasteiger partial charge in [0.05, 0.1) is 4.88 Å². The van der Waals surface area contributed by atoms with Crippen LogP contribution in [0.2, 0.25) is 0 Å². The van der Waals surface area contributed by atoms with E-state index in [0.29, 0.717) is 0 Å². The third-order valence-corrected chi connectivity index (χ3v) is 3.97. The van der Waals surface area contributed by atoms with Gasteiger partial charge in [-0.15, -0.1) is 21.5 Å². The van der Waals surface area contributed by atoms with Crippen LogP contribution in [-0.4, -0.2) is 14.6 Å². The Bertz CT molecular complexity index is 614. The lowest BCUT2D eigenvalue weighted by atomic mass is 10.4. The lowest BCUT2D eigenvalue weighted by molar-refractivity contribution is 1.12. The first-order valence-electron chi connectivity index (χ1n) is 4.39. The average Bonchev–Trinajstić information content (AvgIpc) is 2.83. The topological polar surface area (TPSA) is 30.2 Å². The summed E-state index contributed by atoms with van der Waals surface area (Å²) in [6.45, 7) is 0. The standard InChI is InChI=1S/C10H6BrN3S/c11-7-4-6-15-9(7)10-13-12-8-3-1-2-5-14(8)10/h1-6H. The summed E-state index contributed by atoms with van der Waals surface area (Å²) in [5.74, 6) is 0.882. The van der Waals surface area contributed by atoms with Crippen molar-refractivity contribution < 1.29 is 0 Å². The Kier molecular flexibility index (Phi) is 2.07. The van der Waals surface area contributed by atoms with Crippen LogP contribution in [0.25, 0.3) is 16.3 Å². The Labute approximate surface area is 98.5 Å². The van der Waals surface area contributed by atoms with Crippen molar-refractivity contribution in [3.8, 4) is 10.7 Å². The van der Waals surface area contributed by atoms with Gasteiger partial charge in [-0.05, 0) is 39.5 Å². The minimum Gasteiger partial charge on any atom is -0.282 e. The van der Waals surface area contributed by atoms with Gasteiger partial charge >= 0.3 is 0 Å². The predicted molar refractivity (Wildman–Crippen MR) is 64.0 cm³/mol. The molecule has 0 atom stereocenters. The fourth-order valence-electron chi connectivity index (χ4n) is 1.45. The van der Waals surface area contributed by atoms with Gasteiger partial charge in [0.2, 0.25) is 0 Å². The van der Waals surface area contributed by atoms with Gasteiger partial charge in [0.25, 0.3) is 0 Å². The fraction of sp³-hybridized carbons (Fsp3) is 0. The Morgan fingerprint density at radius 1 is 1.20 bits per heavy atom. The van der Waals surface area contributed by atoms with Gasteiger partial charge in [-0.25, -0.2) is 0 Å². The van der Waals surface area contributed by atoms with E-state index in [-0.39, 0.29) is 0 Å². The van der Waals surface area contributed by atoms with Crippen molar-refractivity contribution in [2.75, 3.05) is 0 Å². The van der Waals surface area contributed by atoms with E-state index in [1.807, 2.05) is 40.2 Å². The van der Waals surface area contributed by atoms with Crippen molar-refractivity contribution in [2.45, 2.75) is 0 Å². The van der Waals surface area contributed by atoms with E-state index in [2.05, 4.69) is 26.1 Å². The molecular formula is C10H6BrN3S. The minimum absolute atomic E-state index is 0.868. The molecule has 5 heteroatoms. The van der Waals surface area contributed by atoms with E-state index in [4.69, 9.17) is 0 Å². The molecule has 0 aromatic carbocycles. The molecule has 0 aliphatic rings. The number of hydrogen-bond acceptors (Lipinski definition) is 3. The Morgan fingerprint density at radius 3 is 2.93 bits per heavy atom. The molecule has 3 heterocycles. The molecule has 0 bridgehead atoms. The normalized spacial score (nSPS) is 11.0. The van der Waals surface area contributed by atoms with Crippen LogP contribution >= 0.6 is 27.3 Å². The van der Waals surface area contributed by atoms with Crippen molar-refractivity contribution in [3.05, 3.63) is 40.3 Å². The van der Waals surface area contributed by atoms with Gasteiger partial charge in [-0.2, -0.15) is 0 Å². The number of aromatic nitrogens is 3. The second-order valence-electron chi connectivity index (χ2n) is 3.05. The average molecular weight is 280 g/mol. The monoisotopic (exact) mass is 279 g/mol. The zero-order valence-corrected chi connectivity index (χ0v) is 9.99.